The van der Waals surface area contributed by atoms with Crippen molar-refractivity contribution in [1.29, 1.82) is 0 Å². The second kappa shape index (κ2) is 6.31. The first kappa shape index (κ1) is 14.2. The van der Waals surface area contributed by atoms with Gasteiger partial charge in [-0.15, -0.1) is 0 Å². The van der Waals surface area contributed by atoms with E-state index in [1.807, 2.05) is 12.1 Å². The highest BCUT2D eigenvalue weighted by molar-refractivity contribution is 5.31. The van der Waals surface area contributed by atoms with Gasteiger partial charge in [0, 0.05) is 6.04 Å². The molecule has 0 bridgehead atoms. The van der Waals surface area contributed by atoms with E-state index in [4.69, 9.17) is 10.5 Å². The van der Waals surface area contributed by atoms with Crippen molar-refractivity contribution in [2.24, 2.45) is 5.73 Å². The summed E-state index contributed by atoms with van der Waals surface area (Å²) in [6, 6.07) is 16.8. The van der Waals surface area contributed by atoms with Gasteiger partial charge in [-0.3, -0.25) is 0 Å². The van der Waals surface area contributed by atoms with Crippen molar-refractivity contribution in [2.75, 3.05) is 0 Å². The van der Waals surface area contributed by atoms with Gasteiger partial charge in [-0.1, -0.05) is 36.4 Å². The molecule has 2 aromatic carbocycles. The lowest BCUT2D eigenvalue weighted by Gasteiger charge is -2.14. The lowest BCUT2D eigenvalue weighted by molar-refractivity contribution is 0.302. The van der Waals surface area contributed by atoms with Gasteiger partial charge in [0.05, 0.1) is 6.10 Å². The highest BCUT2D eigenvalue weighted by Gasteiger charge is 2.23. The van der Waals surface area contributed by atoms with E-state index in [0.717, 1.165) is 18.6 Å². The molecular weight excluding hydrogens is 258 g/mol. The van der Waals surface area contributed by atoms with Crippen LogP contribution < -0.4 is 10.5 Å². The third-order valence-electron chi connectivity index (χ3n) is 4.10. The molecule has 110 valence electrons. The predicted molar refractivity (Wildman–Crippen MR) is 86.5 cm³/mol. The van der Waals surface area contributed by atoms with Crippen LogP contribution in [0.1, 0.15) is 42.0 Å². The summed E-state index contributed by atoms with van der Waals surface area (Å²) < 4.78 is 5.84. The summed E-state index contributed by atoms with van der Waals surface area (Å²) in [6.07, 6.45) is 4.77. The van der Waals surface area contributed by atoms with Crippen molar-refractivity contribution in [2.45, 2.75) is 44.8 Å². The molecule has 1 aliphatic rings. The van der Waals surface area contributed by atoms with Gasteiger partial charge >= 0.3 is 0 Å². The molecule has 2 nitrogen and oxygen atoms in total. The Labute approximate surface area is 126 Å². The maximum atomic E-state index is 6.35. The van der Waals surface area contributed by atoms with E-state index in [9.17, 15) is 0 Å². The van der Waals surface area contributed by atoms with Crippen LogP contribution in [0.2, 0.25) is 0 Å². The Hall–Kier alpha value is -1.80. The van der Waals surface area contributed by atoms with Crippen LogP contribution in [0.4, 0.5) is 0 Å². The van der Waals surface area contributed by atoms with Crippen molar-refractivity contribution in [3.05, 3.63) is 65.2 Å². The molecule has 2 aromatic rings. The fourth-order valence-corrected chi connectivity index (χ4v) is 2.57. The Balaban J connectivity index is 1.62. The minimum absolute atomic E-state index is 0.0624. The highest BCUT2D eigenvalue weighted by atomic mass is 16.5. The standard InChI is InChI=1S/C19H23NO/c1-14-5-2-3-6-15(14)9-12-19(20)16-7-4-8-18(13-16)21-17-10-11-17/h2-8,13,17,19H,9-12,20H2,1H3. The van der Waals surface area contributed by atoms with Gasteiger partial charge in [0.15, 0.2) is 0 Å². The van der Waals surface area contributed by atoms with Crippen LogP contribution in [0.3, 0.4) is 0 Å². The van der Waals surface area contributed by atoms with Crippen LogP contribution >= 0.6 is 0 Å². The SMILES string of the molecule is Cc1ccccc1CCC(N)c1cccc(OC2CC2)c1. The van der Waals surface area contributed by atoms with Crippen LogP contribution in [0.15, 0.2) is 48.5 Å². The predicted octanol–water partition coefficient (Wildman–Crippen LogP) is 4.17. The summed E-state index contributed by atoms with van der Waals surface area (Å²) in [5.41, 5.74) is 10.3. The average Bonchev–Trinajstić information content (AvgIpc) is 3.30. The molecule has 2 heteroatoms. The molecule has 1 unspecified atom stereocenters. The first-order chi connectivity index (χ1) is 10.2. The zero-order valence-corrected chi connectivity index (χ0v) is 12.6. The minimum Gasteiger partial charge on any atom is -0.490 e. The second-order valence-corrected chi connectivity index (χ2v) is 5.96. The van der Waals surface area contributed by atoms with Gasteiger partial charge in [0.2, 0.25) is 0 Å². The van der Waals surface area contributed by atoms with Crippen molar-refractivity contribution in [3.63, 3.8) is 0 Å². The zero-order chi connectivity index (χ0) is 14.7. The van der Waals surface area contributed by atoms with Gasteiger partial charge in [-0.05, 0) is 61.4 Å². The van der Waals surface area contributed by atoms with Gasteiger partial charge < -0.3 is 10.5 Å². The molecule has 1 fully saturated rings. The number of nitrogens with two attached hydrogens (primary N) is 1. The number of aryl methyl sites for hydroxylation is 2. The Morgan fingerprint density at radius 1 is 1.14 bits per heavy atom. The van der Waals surface area contributed by atoms with Crippen LogP contribution in [0, 0.1) is 6.92 Å². The van der Waals surface area contributed by atoms with E-state index in [1.54, 1.807) is 0 Å². The molecule has 2 N–H and O–H groups in total. The second-order valence-electron chi connectivity index (χ2n) is 5.96. The Morgan fingerprint density at radius 2 is 1.95 bits per heavy atom. The number of hydrogen-bond acceptors (Lipinski definition) is 2. The van der Waals surface area contributed by atoms with Crippen LogP contribution in [-0.4, -0.2) is 6.10 Å². The molecule has 0 aliphatic heterocycles. The molecule has 0 aromatic heterocycles. The molecule has 0 spiro atoms. The topological polar surface area (TPSA) is 35.2 Å². The summed E-state index contributed by atoms with van der Waals surface area (Å²) in [5, 5.41) is 0. The van der Waals surface area contributed by atoms with Crippen molar-refractivity contribution < 1.29 is 4.74 Å². The third kappa shape index (κ3) is 3.85. The fourth-order valence-electron chi connectivity index (χ4n) is 2.57. The molecule has 0 amide bonds. The molecular formula is C19H23NO. The first-order valence-electron chi connectivity index (χ1n) is 7.79. The summed E-state index contributed by atoms with van der Waals surface area (Å²) in [5.74, 6) is 0.960. The molecule has 3 rings (SSSR count). The normalized spacial score (nSPS) is 15.7. The van der Waals surface area contributed by atoms with E-state index >= 15 is 0 Å². The Bertz CT molecular complexity index is 604. The van der Waals surface area contributed by atoms with Crippen LogP contribution in [0.5, 0.6) is 5.75 Å². The molecule has 1 saturated carbocycles. The number of rotatable bonds is 6. The lowest BCUT2D eigenvalue weighted by Crippen LogP contribution is -2.12. The van der Waals surface area contributed by atoms with Crippen LogP contribution in [-0.2, 0) is 6.42 Å². The van der Waals surface area contributed by atoms with E-state index in [-0.39, 0.29) is 6.04 Å². The number of hydrogen-bond donors (Lipinski definition) is 1. The Morgan fingerprint density at radius 3 is 2.71 bits per heavy atom. The minimum atomic E-state index is 0.0624. The summed E-state index contributed by atoms with van der Waals surface area (Å²) in [4.78, 5) is 0. The molecule has 0 heterocycles. The average molecular weight is 281 g/mol. The molecule has 1 atom stereocenters. The van der Waals surface area contributed by atoms with E-state index < -0.39 is 0 Å². The maximum absolute atomic E-state index is 6.35. The lowest BCUT2D eigenvalue weighted by atomic mass is 9.97. The van der Waals surface area contributed by atoms with Gasteiger partial charge in [0.1, 0.15) is 5.75 Å². The van der Waals surface area contributed by atoms with E-state index in [0.29, 0.717) is 6.10 Å². The number of ether oxygens (including phenoxy) is 1. The highest BCUT2D eigenvalue weighted by Crippen LogP contribution is 2.28. The largest absolute Gasteiger partial charge is 0.490 e. The van der Waals surface area contributed by atoms with E-state index in [1.165, 1.54) is 29.5 Å². The van der Waals surface area contributed by atoms with E-state index in [2.05, 4.69) is 43.3 Å². The molecule has 0 saturated heterocycles. The van der Waals surface area contributed by atoms with Gasteiger partial charge in [-0.25, -0.2) is 0 Å². The van der Waals surface area contributed by atoms with Gasteiger partial charge in [-0.2, -0.15) is 0 Å². The van der Waals surface area contributed by atoms with Crippen LogP contribution in [0.25, 0.3) is 0 Å². The van der Waals surface area contributed by atoms with Gasteiger partial charge in [0.25, 0.3) is 0 Å². The number of benzene rings is 2. The fraction of sp³-hybridized carbons (Fsp3) is 0.368. The summed E-state index contributed by atoms with van der Waals surface area (Å²) in [7, 11) is 0. The van der Waals surface area contributed by atoms with Crippen molar-refractivity contribution >= 4 is 0 Å². The monoisotopic (exact) mass is 281 g/mol. The Kier molecular flexibility index (Phi) is 4.26. The molecule has 0 radical (unpaired) electrons. The first-order valence-corrected chi connectivity index (χ1v) is 7.79. The van der Waals surface area contributed by atoms with Crippen molar-refractivity contribution in [3.8, 4) is 5.75 Å². The maximum Gasteiger partial charge on any atom is 0.120 e. The molecule has 21 heavy (non-hydrogen) atoms. The molecule has 1 aliphatic carbocycles. The van der Waals surface area contributed by atoms with Crippen molar-refractivity contribution in [1.82, 2.24) is 0 Å². The zero-order valence-electron chi connectivity index (χ0n) is 12.6. The quantitative estimate of drug-likeness (QED) is 0.862. The summed E-state index contributed by atoms with van der Waals surface area (Å²) >= 11 is 0. The smallest absolute Gasteiger partial charge is 0.120 e. The third-order valence-corrected chi connectivity index (χ3v) is 4.10. The summed E-state index contributed by atoms with van der Waals surface area (Å²) in [6.45, 7) is 2.16.